The van der Waals surface area contributed by atoms with Crippen molar-refractivity contribution < 1.29 is 4.42 Å². The summed E-state index contributed by atoms with van der Waals surface area (Å²) in [6.45, 7) is 7.48. The van der Waals surface area contributed by atoms with Crippen molar-refractivity contribution in [1.82, 2.24) is 5.32 Å². The molecule has 0 aliphatic rings. The van der Waals surface area contributed by atoms with Crippen molar-refractivity contribution in [2.75, 3.05) is 6.54 Å². The summed E-state index contributed by atoms with van der Waals surface area (Å²) in [5, 5.41) is 4.64. The van der Waals surface area contributed by atoms with E-state index in [1.807, 2.05) is 0 Å². The number of para-hydroxylation sites is 1. The van der Waals surface area contributed by atoms with Crippen LogP contribution in [-0.4, -0.2) is 12.6 Å². The van der Waals surface area contributed by atoms with Crippen LogP contribution in [0, 0.1) is 6.92 Å². The van der Waals surface area contributed by atoms with Crippen LogP contribution < -0.4 is 5.32 Å². The van der Waals surface area contributed by atoms with Gasteiger partial charge < -0.3 is 9.73 Å². The van der Waals surface area contributed by atoms with Crippen molar-refractivity contribution in [3.8, 4) is 0 Å². The van der Waals surface area contributed by atoms with Gasteiger partial charge in [0.25, 0.3) is 0 Å². The average molecular weight is 231 g/mol. The average Bonchev–Trinajstić information content (AvgIpc) is 2.69. The molecule has 0 saturated heterocycles. The molecular weight excluding hydrogens is 210 g/mol. The fraction of sp³-hybridized carbons (Fsp3) is 0.467. The van der Waals surface area contributed by atoms with Crippen molar-refractivity contribution in [1.29, 1.82) is 0 Å². The van der Waals surface area contributed by atoms with Crippen LogP contribution in [0.25, 0.3) is 11.0 Å². The van der Waals surface area contributed by atoms with Gasteiger partial charge >= 0.3 is 0 Å². The fourth-order valence-corrected chi connectivity index (χ4v) is 2.04. The zero-order valence-electron chi connectivity index (χ0n) is 10.9. The topological polar surface area (TPSA) is 25.2 Å². The van der Waals surface area contributed by atoms with Crippen molar-refractivity contribution in [3.63, 3.8) is 0 Å². The molecule has 0 unspecified atom stereocenters. The minimum Gasteiger partial charge on any atom is -0.461 e. The van der Waals surface area contributed by atoms with Gasteiger partial charge in [-0.3, -0.25) is 0 Å². The highest BCUT2D eigenvalue weighted by Crippen LogP contribution is 2.23. The van der Waals surface area contributed by atoms with E-state index in [-0.39, 0.29) is 0 Å². The number of rotatable bonds is 5. The van der Waals surface area contributed by atoms with Crippen LogP contribution in [0.2, 0.25) is 0 Å². The second kappa shape index (κ2) is 5.37. The molecule has 2 rings (SSSR count). The van der Waals surface area contributed by atoms with Crippen molar-refractivity contribution in [2.45, 2.75) is 39.7 Å². The number of nitrogens with one attached hydrogen (secondary N) is 1. The van der Waals surface area contributed by atoms with Crippen LogP contribution >= 0.6 is 0 Å². The smallest absolute Gasteiger partial charge is 0.137 e. The van der Waals surface area contributed by atoms with Gasteiger partial charge in [0.1, 0.15) is 11.3 Å². The number of hydrogen-bond donors (Lipinski definition) is 1. The van der Waals surface area contributed by atoms with E-state index in [0.717, 1.165) is 30.7 Å². The number of fused-ring (bicyclic) bond motifs is 1. The summed E-state index contributed by atoms with van der Waals surface area (Å²) >= 11 is 0. The summed E-state index contributed by atoms with van der Waals surface area (Å²) in [7, 11) is 0. The van der Waals surface area contributed by atoms with Gasteiger partial charge in [0.05, 0.1) is 0 Å². The Balaban J connectivity index is 1.98. The Hall–Kier alpha value is -1.28. The first-order valence-electron chi connectivity index (χ1n) is 6.38. The molecule has 1 aromatic carbocycles. The molecule has 1 N–H and O–H groups in total. The van der Waals surface area contributed by atoms with E-state index >= 15 is 0 Å². The van der Waals surface area contributed by atoms with E-state index in [1.54, 1.807) is 0 Å². The van der Waals surface area contributed by atoms with E-state index in [4.69, 9.17) is 4.42 Å². The molecule has 0 aliphatic carbocycles. The lowest BCUT2D eigenvalue weighted by atomic mass is 10.1. The summed E-state index contributed by atoms with van der Waals surface area (Å²) in [4.78, 5) is 0. The van der Waals surface area contributed by atoms with E-state index in [0.29, 0.717) is 6.04 Å². The number of benzene rings is 1. The SMILES string of the molecule is Cc1cccc2cc(CCCNC(C)C)oc12. The van der Waals surface area contributed by atoms with Crippen molar-refractivity contribution in [2.24, 2.45) is 0 Å². The Morgan fingerprint density at radius 2 is 2.12 bits per heavy atom. The summed E-state index contributed by atoms with van der Waals surface area (Å²) in [6.07, 6.45) is 2.13. The van der Waals surface area contributed by atoms with Crippen molar-refractivity contribution >= 4 is 11.0 Å². The maximum Gasteiger partial charge on any atom is 0.137 e. The molecule has 0 bridgehead atoms. The Morgan fingerprint density at radius 1 is 1.29 bits per heavy atom. The molecule has 2 aromatic rings. The van der Waals surface area contributed by atoms with Crippen LogP contribution in [0.1, 0.15) is 31.6 Å². The molecular formula is C15H21NO. The molecule has 0 saturated carbocycles. The lowest BCUT2D eigenvalue weighted by Gasteiger charge is -2.06. The van der Waals surface area contributed by atoms with Crippen LogP contribution in [0.4, 0.5) is 0 Å². The molecule has 0 atom stereocenters. The lowest BCUT2D eigenvalue weighted by Crippen LogP contribution is -2.23. The highest BCUT2D eigenvalue weighted by molar-refractivity contribution is 5.80. The van der Waals surface area contributed by atoms with E-state index in [2.05, 4.69) is 50.4 Å². The Morgan fingerprint density at radius 3 is 2.82 bits per heavy atom. The molecule has 1 aromatic heterocycles. The Bertz CT molecular complexity index is 485. The van der Waals surface area contributed by atoms with Gasteiger partial charge in [0.2, 0.25) is 0 Å². The monoisotopic (exact) mass is 231 g/mol. The highest BCUT2D eigenvalue weighted by Gasteiger charge is 2.05. The van der Waals surface area contributed by atoms with Gasteiger partial charge in [-0.1, -0.05) is 32.0 Å². The molecule has 17 heavy (non-hydrogen) atoms. The van der Waals surface area contributed by atoms with Crippen LogP contribution in [0.3, 0.4) is 0 Å². The zero-order valence-corrected chi connectivity index (χ0v) is 10.9. The van der Waals surface area contributed by atoms with Gasteiger partial charge in [-0.05, 0) is 31.5 Å². The number of hydrogen-bond acceptors (Lipinski definition) is 2. The molecule has 0 amide bonds. The standard InChI is InChI=1S/C15H21NO/c1-11(2)16-9-5-8-14-10-13-7-4-6-12(3)15(13)17-14/h4,6-7,10-11,16H,5,8-9H2,1-3H3. The minimum absolute atomic E-state index is 0.563. The number of aryl methyl sites for hydroxylation is 2. The van der Waals surface area contributed by atoms with Gasteiger partial charge in [-0.25, -0.2) is 0 Å². The molecule has 0 aliphatic heterocycles. The van der Waals surface area contributed by atoms with E-state index in [1.165, 1.54) is 10.9 Å². The summed E-state index contributed by atoms with van der Waals surface area (Å²) in [6, 6.07) is 9.01. The molecule has 0 spiro atoms. The molecule has 0 radical (unpaired) electrons. The first kappa shape index (κ1) is 12.2. The number of furan rings is 1. The maximum atomic E-state index is 5.88. The summed E-state index contributed by atoms with van der Waals surface area (Å²) in [5.74, 6) is 1.10. The van der Waals surface area contributed by atoms with Gasteiger partial charge in [0, 0.05) is 17.8 Å². The quantitative estimate of drug-likeness (QED) is 0.794. The van der Waals surface area contributed by atoms with Crippen LogP contribution in [0.15, 0.2) is 28.7 Å². The minimum atomic E-state index is 0.563. The van der Waals surface area contributed by atoms with Gasteiger partial charge in [-0.2, -0.15) is 0 Å². The normalized spacial score (nSPS) is 11.5. The maximum absolute atomic E-state index is 5.88. The predicted molar refractivity (Wildman–Crippen MR) is 72.4 cm³/mol. The third-order valence-corrected chi connectivity index (χ3v) is 2.94. The molecule has 2 heteroatoms. The van der Waals surface area contributed by atoms with Gasteiger partial charge in [0.15, 0.2) is 0 Å². The fourth-order valence-electron chi connectivity index (χ4n) is 2.04. The predicted octanol–water partition coefficient (Wildman–Crippen LogP) is 3.67. The first-order valence-corrected chi connectivity index (χ1v) is 6.38. The van der Waals surface area contributed by atoms with Crippen LogP contribution in [0.5, 0.6) is 0 Å². The Labute approximate surface area is 103 Å². The lowest BCUT2D eigenvalue weighted by molar-refractivity contribution is 0.513. The molecule has 92 valence electrons. The van der Waals surface area contributed by atoms with Crippen LogP contribution in [-0.2, 0) is 6.42 Å². The Kier molecular flexibility index (Phi) is 3.85. The zero-order chi connectivity index (χ0) is 12.3. The second-order valence-corrected chi connectivity index (χ2v) is 4.92. The van der Waals surface area contributed by atoms with Crippen molar-refractivity contribution in [3.05, 3.63) is 35.6 Å². The third-order valence-electron chi connectivity index (χ3n) is 2.94. The van der Waals surface area contributed by atoms with E-state index < -0.39 is 0 Å². The van der Waals surface area contributed by atoms with E-state index in [9.17, 15) is 0 Å². The first-order chi connectivity index (χ1) is 8.16. The molecule has 1 heterocycles. The highest BCUT2D eigenvalue weighted by atomic mass is 16.3. The molecule has 0 fully saturated rings. The van der Waals surface area contributed by atoms with Gasteiger partial charge in [-0.15, -0.1) is 0 Å². The third kappa shape index (κ3) is 3.10. The summed E-state index contributed by atoms with van der Waals surface area (Å²) in [5.41, 5.74) is 2.26. The summed E-state index contributed by atoms with van der Waals surface area (Å²) < 4.78 is 5.88. The molecule has 2 nitrogen and oxygen atoms in total. The largest absolute Gasteiger partial charge is 0.461 e. The second-order valence-electron chi connectivity index (χ2n) is 4.92.